The summed E-state index contributed by atoms with van der Waals surface area (Å²) in [7, 11) is 1.78. The predicted octanol–water partition coefficient (Wildman–Crippen LogP) is 2.76. The monoisotopic (exact) mass is 311 g/mol. The molecule has 0 radical (unpaired) electrons. The topological polar surface area (TPSA) is 45.2 Å². The lowest BCUT2D eigenvalue weighted by atomic mass is 9.99. The van der Waals surface area contributed by atoms with Gasteiger partial charge < -0.3 is 10.2 Å². The first-order valence-corrected chi connectivity index (χ1v) is 7.03. The first-order valence-electron chi connectivity index (χ1n) is 6.24. The first-order chi connectivity index (χ1) is 8.61. The molecule has 1 N–H and O–H groups in total. The second-order valence-corrected chi connectivity index (χ2v) is 5.69. The summed E-state index contributed by atoms with van der Waals surface area (Å²) in [6.07, 6.45) is 3.87. The standard InChI is InChI=1S/C13H18BrN3O/c1-9-3-5-17(6-4-9)13(18)11-7-10(14)8-16-12(11)15-2/h7-9H,3-6H2,1-2H3,(H,15,16). The molecule has 1 aliphatic rings. The van der Waals surface area contributed by atoms with E-state index in [-0.39, 0.29) is 5.91 Å². The normalized spacial score (nSPS) is 16.7. The van der Waals surface area contributed by atoms with E-state index < -0.39 is 0 Å². The molecule has 4 nitrogen and oxygen atoms in total. The smallest absolute Gasteiger partial charge is 0.257 e. The Balaban J connectivity index is 2.20. The Morgan fingerprint density at radius 3 is 2.78 bits per heavy atom. The highest BCUT2D eigenvalue weighted by molar-refractivity contribution is 9.10. The number of aromatic nitrogens is 1. The molecule has 1 amide bonds. The molecule has 1 aromatic heterocycles. The third kappa shape index (κ3) is 2.83. The summed E-state index contributed by atoms with van der Waals surface area (Å²) >= 11 is 3.37. The van der Waals surface area contributed by atoms with Gasteiger partial charge in [-0.25, -0.2) is 4.98 Å². The Kier molecular flexibility index (Phi) is 4.22. The summed E-state index contributed by atoms with van der Waals surface area (Å²) in [4.78, 5) is 18.6. The van der Waals surface area contributed by atoms with Crippen molar-refractivity contribution in [3.8, 4) is 0 Å². The van der Waals surface area contributed by atoms with Crippen LogP contribution in [0.2, 0.25) is 0 Å². The molecule has 0 saturated carbocycles. The molecular formula is C13H18BrN3O. The van der Waals surface area contributed by atoms with Crippen molar-refractivity contribution < 1.29 is 4.79 Å². The SMILES string of the molecule is CNc1ncc(Br)cc1C(=O)N1CCC(C)CC1. The van der Waals surface area contributed by atoms with Crippen molar-refractivity contribution in [1.29, 1.82) is 0 Å². The molecule has 0 bridgehead atoms. The number of likely N-dealkylation sites (tertiary alicyclic amines) is 1. The largest absolute Gasteiger partial charge is 0.372 e. The minimum Gasteiger partial charge on any atom is -0.372 e. The molecule has 98 valence electrons. The zero-order valence-electron chi connectivity index (χ0n) is 10.7. The molecular weight excluding hydrogens is 294 g/mol. The van der Waals surface area contributed by atoms with E-state index in [4.69, 9.17) is 0 Å². The van der Waals surface area contributed by atoms with Gasteiger partial charge in [0.05, 0.1) is 5.56 Å². The van der Waals surface area contributed by atoms with Crippen LogP contribution in [0, 0.1) is 5.92 Å². The number of piperidine rings is 1. The number of anilines is 1. The zero-order valence-corrected chi connectivity index (χ0v) is 12.3. The number of rotatable bonds is 2. The van der Waals surface area contributed by atoms with Gasteiger partial charge in [0.1, 0.15) is 5.82 Å². The second-order valence-electron chi connectivity index (χ2n) is 4.77. The van der Waals surface area contributed by atoms with Crippen LogP contribution in [0.5, 0.6) is 0 Å². The number of nitrogens with zero attached hydrogens (tertiary/aromatic N) is 2. The third-order valence-electron chi connectivity index (χ3n) is 3.39. The van der Waals surface area contributed by atoms with Crippen LogP contribution in [0.25, 0.3) is 0 Å². The molecule has 1 saturated heterocycles. The maximum Gasteiger partial charge on any atom is 0.257 e. The fourth-order valence-electron chi connectivity index (χ4n) is 2.18. The Morgan fingerprint density at radius 2 is 2.17 bits per heavy atom. The number of pyridine rings is 1. The van der Waals surface area contributed by atoms with Crippen LogP contribution in [-0.4, -0.2) is 35.9 Å². The van der Waals surface area contributed by atoms with Crippen molar-refractivity contribution in [2.75, 3.05) is 25.5 Å². The van der Waals surface area contributed by atoms with Gasteiger partial charge in [-0.05, 0) is 40.8 Å². The minimum absolute atomic E-state index is 0.0695. The molecule has 1 fully saturated rings. The average molecular weight is 312 g/mol. The maximum absolute atomic E-state index is 12.5. The second kappa shape index (κ2) is 5.69. The third-order valence-corrected chi connectivity index (χ3v) is 3.83. The number of halogens is 1. The highest BCUT2D eigenvalue weighted by atomic mass is 79.9. The van der Waals surface area contributed by atoms with E-state index in [1.807, 2.05) is 11.0 Å². The molecule has 1 aliphatic heterocycles. The van der Waals surface area contributed by atoms with Crippen molar-refractivity contribution in [2.45, 2.75) is 19.8 Å². The van der Waals surface area contributed by atoms with E-state index in [2.05, 4.69) is 33.2 Å². The average Bonchev–Trinajstić information content (AvgIpc) is 2.39. The summed E-state index contributed by atoms with van der Waals surface area (Å²) in [5, 5.41) is 2.97. The van der Waals surface area contributed by atoms with Gasteiger partial charge in [-0.15, -0.1) is 0 Å². The number of amides is 1. The molecule has 0 atom stereocenters. The van der Waals surface area contributed by atoms with E-state index in [1.165, 1.54) is 0 Å². The quantitative estimate of drug-likeness (QED) is 0.913. The van der Waals surface area contributed by atoms with Gasteiger partial charge >= 0.3 is 0 Å². The Morgan fingerprint density at radius 1 is 1.50 bits per heavy atom. The lowest BCUT2D eigenvalue weighted by Gasteiger charge is -2.30. The van der Waals surface area contributed by atoms with E-state index in [0.717, 1.165) is 36.3 Å². The summed E-state index contributed by atoms with van der Waals surface area (Å²) in [5.74, 6) is 1.43. The Labute approximate surface area is 116 Å². The lowest BCUT2D eigenvalue weighted by molar-refractivity contribution is 0.0698. The van der Waals surface area contributed by atoms with Crippen molar-refractivity contribution in [3.05, 3.63) is 22.3 Å². The summed E-state index contributed by atoms with van der Waals surface area (Å²) in [6.45, 7) is 3.92. The predicted molar refractivity (Wildman–Crippen MR) is 75.8 cm³/mol. The molecule has 0 unspecified atom stereocenters. The number of carbonyl (C=O) groups excluding carboxylic acids is 1. The van der Waals surface area contributed by atoms with Gasteiger partial charge in [0.25, 0.3) is 5.91 Å². The fraction of sp³-hybridized carbons (Fsp3) is 0.538. The number of carbonyl (C=O) groups is 1. The molecule has 18 heavy (non-hydrogen) atoms. The van der Waals surface area contributed by atoms with Crippen LogP contribution in [-0.2, 0) is 0 Å². The molecule has 2 heterocycles. The van der Waals surface area contributed by atoms with Crippen molar-refractivity contribution in [2.24, 2.45) is 5.92 Å². The summed E-state index contributed by atoms with van der Waals surface area (Å²) in [5.41, 5.74) is 0.640. The van der Waals surface area contributed by atoms with Crippen LogP contribution in [0.4, 0.5) is 5.82 Å². The summed E-state index contributed by atoms with van der Waals surface area (Å²) < 4.78 is 0.829. The van der Waals surface area contributed by atoms with Gasteiger partial charge in [-0.2, -0.15) is 0 Å². The Bertz CT molecular complexity index is 442. The molecule has 0 aromatic carbocycles. The molecule has 5 heteroatoms. The van der Waals surface area contributed by atoms with Crippen molar-refractivity contribution in [3.63, 3.8) is 0 Å². The number of hydrogen-bond donors (Lipinski definition) is 1. The van der Waals surface area contributed by atoms with Gasteiger partial charge in [0, 0.05) is 30.8 Å². The molecule has 0 aliphatic carbocycles. The lowest BCUT2D eigenvalue weighted by Crippen LogP contribution is -2.38. The highest BCUT2D eigenvalue weighted by Gasteiger charge is 2.23. The number of nitrogens with one attached hydrogen (secondary N) is 1. The van der Waals surface area contributed by atoms with Gasteiger partial charge in [-0.3, -0.25) is 4.79 Å². The van der Waals surface area contributed by atoms with Crippen molar-refractivity contribution >= 4 is 27.7 Å². The minimum atomic E-state index is 0.0695. The molecule has 2 rings (SSSR count). The van der Waals surface area contributed by atoms with Gasteiger partial charge in [0.2, 0.25) is 0 Å². The van der Waals surface area contributed by atoms with Crippen LogP contribution in [0.1, 0.15) is 30.1 Å². The van der Waals surface area contributed by atoms with E-state index in [1.54, 1.807) is 13.2 Å². The first kappa shape index (κ1) is 13.3. The van der Waals surface area contributed by atoms with Crippen LogP contribution in [0.3, 0.4) is 0 Å². The van der Waals surface area contributed by atoms with Crippen LogP contribution < -0.4 is 5.32 Å². The fourth-order valence-corrected chi connectivity index (χ4v) is 2.51. The van der Waals surface area contributed by atoms with E-state index in [0.29, 0.717) is 11.4 Å². The highest BCUT2D eigenvalue weighted by Crippen LogP contribution is 2.23. The molecule has 1 aromatic rings. The van der Waals surface area contributed by atoms with Gasteiger partial charge in [0.15, 0.2) is 0 Å². The van der Waals surface area contributed by atoms with Crippen LogP contribution in [0.15, 0.2) is 16.7 Å². The van der Waals surface area contributed by atoms with Gasteiger partial charge in [-0.1, -0.05) is 6.92 Å². The number of hydrogen-bond acceptors (Lipinski definition) is 3. The van der Waals surface area contributed by atoms with Crippen LogP contribution >= 0.6 is 15.9 Å². The van der Waals surface area contributed by atoms with E-state index >= 15 is 0 Å². The Hall–Kier alpha value is -1.10. The molecule has 0 spiro atoms. The van der Waals surface area contributed by atoms with E-state index in [9.17, 15) is 4.79 Å². The maximum atomic E-state index is 12.5. The summed E-state index contributed by atoms with van der Waals surface area (Å²) in [6, 6.07) is 1.83. The zero-order chi connectivity index (χ0) is 13.1. The van der Waals surface area contributed by atoms with Crippen molar-refractivity contribution in [1.82, 2.24) is 9.88 Å².